The minimum atomic E-state index is 0.501. The largest absolute Gasteiger partial charge is 0.350 e. The molecule has 166 valence electrons. The minimum absolute atomic E-state index is 0.501. The lowest BCUT2D eigenvalue weighted by Crippen LogP contribution is -2.59. The quantitative estimate of drug-likeness (QED) is 0.591. The summed E-state index contributed by atoms with van der Waals surface area (Å²) in [5.41, 5.74) is 3.43. The first kappa shape index (κ1) is 21.0. The number of thiophene rings is 1. The van der Waals surface area contributed by atoms with Crippen LogP contribution in [0, 0.1) is 30.6 Å². The molecule has 3 heterocycles. The Balaban J connectivity index is 1.58. The van der Waals surface area contributed by atoms with Crippen LogP contribution < -0.4 is 10.6 Å². The van der Waals surface area contributed by atoms with Gasteiger partial charge in [0.05, 0.1) is 16.9 Å². The van der Waals surface area contributed by atoms with Crippen LogP contribution in [0.1, 0.15) is 50.5 Å². The summed E-state index contributed by atoms with van der Waals surface area (Å²) >= 11 is 1.84. The maximum absolute atomic E-state index is 5.31. The fraction of sp³-hybridized carbons (Fsp3) is 0.577. The Morgan fingerprint density at radius 2 is 2.03 bits per heavy atom. The number of nitrogens with zero attached hydrogens (tertiary/aromatic N) is 2. The van der Waals surface area contributed by atoms with E-state index >= 15 is 0 Å². The Morgan fingerprint density at radius 3 is 2.87 bits per heavy atom. The SMILES string of the molecule is Cc1cc2c(s1)Nc1ccccc1N=C2N1CCNCC1C1CC(C)CCC1C(C)C. The van der Waals surface area contributed by atoms with Gasteiger partial charge >= 0.3 is 0 Å². The summed E-state index contributed by atoms with van der Waals surface area (Å²) in [4.78, 5) is 9.32. The average Bonchev–Trinajstić information content (AvgIpc) is 3.05. The highest BCUT2D eigenvalue weighted by molar-refractivity contribution is 7.16. The van der Waals surface area contributed by atoms with Crippen LogP contribution in [0.15, 0.2) is 35.3 Å². The van der Waals surface area contributed by atoms with Gasteiger partial charge in [0.2, 0.25) is 0 Å². The van der Waals surface area contributed by atoms with E-state index in [9.17, 15) is 0 Å². The first-order chi connectivity index (χ1) is 15.0. The van der Waals surface area contributed by atoms with Crippen LogP contribution in [0.5, 0.6) is 0 Å². The highest BCUT2D eigenvalue weighted by atomic mass is 32.1. The summed E-state index contributed by atoms with van der Waals surface area (Å²) in [7, 11) is 0. The van der Waals surface area contributed by atoms with Gasteiger partial charge in [-0.1, -0.05) is 39.3 Å². The van der Waals surface area contributed by atoms with E-state index in [1.165, 1.54) is 40.5 Å². The first-order valence-corrected chi connectivity index (χ1v) is 12.9. The van der Waals surface area contributed by atoms with Crippen LogP contribution in [0.4, 0.5) is 16.4 Å². The maximum Gasteiger partial charge on any atom is 0.139 e. The van der Waals surface area contributed by atoms with Gasteiger partial charge in [-0.15, -0.1) is 11.3 Å². The number of anilines is 2. The smallest absolute Gasteiger partial charge is 0.139 e. The Hall–Kier alpha value is -1.85. The van der Waals surface area contributed by atoms with E-state index in [1.807, 2.05) is 11.3 Å². The number of aliphatic imine (C=N–C) groups is 1. The van der Waals surface area contributed by atoms with Gasteiger partial charge < -0.3 is 15.5 Å². The Bertz CT molecular complexity index is 962. The molecule has 1 aromatic carbocycles. The van der Waals surface area contributed by atoms with Crippen molar-refractivity contribution in [3.05, 3.63) is 40.8 Å². The molecule has 0 bridgehead atoms. The number of nitrogens with one attached hydrogen (secondary N) is 2. The zero-order chi connectivity index (χ0) is 21.5. The number of hydrogen-bond acceptors (Lipinski definition) is 5. The standard InChI is InChI=1S/C26H36N4S/c1-16(2)19-10-9-17(3)13-20(19)24-15-27-11-12-30(24)25-21-14-18(4)31-26(21)29-23-8-6-5-7-22(23)28-25/h5-8,14,16-17,19-20,24,27,29H,9-13,15H2,1-4H3. The predicted octanol–water partition coefficient (Wildman–Crippen LogP) is 6.17. The number of aryl methyl sites for hydroxylation is 1. The molecule has 0 radical (unpaired) electrons. The van der Waals surface area contributed by atoms with Crippen LogP contribution in [0.2, 0.25) is 0 Å². The lowest BCUT2D eigenvalue weighted by molar-refractivity contribution is 0.0625. The lowest BCUT2D eigenvalue weighted by atomic mass is 9.66. The van der Waals surface area contributed by atoms with Crippen molar-refractivity contribution in [3.63, 3.8) is 0 Å². The predicted molar refractivity (Wildman–Crippen MR) is 133 cm³/mol. The highest BCUT2D eigenvalue weighted by Gasteiger charge is 2.41. The molecule has 5 heteroatoms. The van der Waals surface area contributed by atoms with Crippen LogP contribution >= 0.6 is 11.3 Å². The van der Waals surface area contributed by atoms with Crippen molar-refractivity contribution >= 4 is 33.5 Å². The van der Waals surface area contributed by atoms with Crippen LogP contribution in [-0.4, -0.2) is 36.4 Å². The maximum atomic E-state index is 5.31. The van der Waals surface area contributed by atoms with Crippen molar-refractivity contribution < 1.29 is 0 Å². The molecular formula is C26H36N4S. The van der Waals surface area contributed by atoms with Crippen molar-refractivity contribution in [2.75, 3.05) is 25.0 Å². The highest BCUT2D eigenvalue weighted by Crippen LogP contribution is 2.44. The van der Waals surface area contributed by atoms with Gasteiger partial charge in [-0.05, 0) is 61.6 Å². The number of hydrogen-bond donors (Lipinski definition) is 2. The molecular weight excluding hydrogens is 400 g/mol. The second kappa shape index (κ2) is 8.59. The first-order valence-electron chi connectivity index (χ1n) is 12.0. The summed E-state index contributed by atoms with van der Waals surface area (Å²) in [6.07, 6.45) is 4.09. The molecule has 2 fully saturated rings. The fourth-order valence-electron chi connectivity index (χ4n) is 6.05. The molecule has 5 rings (SSSR count). The third-order valence-electron chi connectivity index (χ3n) is 7.60. The van der Waals surface area contributed by atoms with Crippen LogP contribution in [0.25, 0.3) is 0 Å². The Labute approximate surface area is 191 Å². The second-order valence-corrected chi connectivity index (χ2v) is 11.4. The molecule has 4 unspecified atom stereocenters. The van der Waals surface area contributed by atoms with Crippen molar-refractivity contribution in [3.8, 4) is 0 Å². The minimum Gasteiger partial charge on any atom is -0.350 e. The molecule has 1 saturated carbocycles. The molecule has 1 aliphatic carbocycles. The molecule has 2 N–H and O–H groups in total. The zero-order valence-corrected chi connectivity index (χ0v) is 20.1. The van der Waals surface area contributed by atoms with E-state index in [1.54, 1.807) is 0 Å². The molecule has 4 nitrogen and oxygen atoms in total. The normalized spacial score (nSPS) is 28.4. The van der Waals surface area contributed by atoms with E-state index in [0.29, 0.717) is 12.0 Å². The topological polar surface area (TPSA) is 39.7 Å². The second-order valence-electron chi connectivity index (χ2n) is 10.1. The van der Waals surface area contributed by atoms with Gasteiger partial charge in [-0.2, -0.15) is 0 Å². The van der Waals surface area contributed by atoms with Crippen LogP contribution in [0.3, 0.4) is 0 Å². The molecule has 2 aromatic rings. The molecule has 4 atom stereocenters. The van der Waals surface area contributed by atoms with Gasteiger partial charge in [0.15, 0.2) is 0 Å². The van der Waals surface area contributed by atoms with E-state index < -0.39 is 0 Å². The average molecular weight is 437 g/mol. The van der Waals surface area contributed by atoms with Gasteiger partial charge in [0, 0.05) is 30.6 Å². The van der Waals surface area contributed by atoms with E-state index in [0.717, 1.165) is 48.8 Å². The van der Waals surface area contributed by atoms with Crippen molar-refractivity contribution in [2.45, 2.75) is 53.0 Å². The summed E-state index contributed by atoms with van der Waals surface area (Å²) in [6, 6.07) is 11.3. The monoisotopic (exact) mass is 436 g/mol. The molecule has 3 aliphatic rings. The number of piperazine rings is 1. The van der Waals surface area contributed by atoms with Crippen molar-refractivity contribution in [1.29, 1.82) is 0 Å². The molecule has 0 spiro atoms. The van der Waals surface area contributed by atoms with Gasteiger partial charge in [0.1, 0.15) is 10.8 Å². The van der Waals surface area contributed by atoms with E-state index in [4.69, 9.17) is 4.99 Å². The molecule has 1 saturated heterocycles. The van der Waals surface area contributed by atoms with E-state index in [-0.39, 0.29) is 0 Å². The van der Waals surface area contributed by atoms with Crippen molar-refractivity contribution in [1.82, 2.24) is 10.2 Å². The Kier molecular flexibility index (Phi) is 5.82. The summed E-state index contributed by atoms with van der Waals surface area (Å²) in [5, 5.41) is 8.65. The number of para-hydroxylation sites is 2. The lowest BCUT2D eigenvalue weighted by Gasteiger charge is -2.48. The zero-order valence-electron chi connectivity index (χ0n) is 19.3. The molecule has 2 aliphatic heterocycles. The van der Waals surface area contributed by atoms with Crippen LogP contribution in [-0.2, 0) is 0 Å². The summed E-state index contributed by atoms with van der Waals surface area (Å²) in [5.74, 6) is 4.24. The van der Waals surface area contributed by atoms with E-state index in [2.05, 4.69) is 73.6 Å². The fourth-order valence-corrected chi connectivity index (χ4v) is 6.97. The number of fused-ring (bicyclic) bond motifs is 2. The van der Waals surface area contributed by atoms with Gasteiger partial charge in [0.25, 0.3) is 0 Å². The number of benzene rings is 1. The third kappa shape index (κ3) is 4.03. The number of amidine groups is 1. The molecule has 0 amide bonds. The van der Waals surface area contributed by atoms with Crippen molar-refractivity contribution in [2.24, 2.45) is 28.7 Å². The Morgan fingerprint density at radius 1 is 1.19 bits per heavy atom. The summed E-state index contributed by atoms with van der Waals surface area (Å²) < 4.78 is 0. The van der Waals surface area contributed by atoms with Gasteiger partial charge in [-0.25, -0.2) is 4.99 Å². The molecule has 31 heavy (non-hydrogen) atoms. The molecule has 1 aromatic heterocycles. The van der Waals surface area contributed by atoms with Gasteiger partial charge in [-0.3, -0.25) is 0 Å². The number of rotatable bonds is 2. The third-order valence-corrected chi connectivity index (χ3v) is 8.56. The summed E-state index contributed by atoms with van der Waals surface area (Å²) in [6.45, 7) is 12.6.